The number of nitro groups is 1. The maximum absolute atomic E-state index is 13.4. The topological polar surface area (TPSA) is 117 Å². The van der Waals surface area contributed by atoms with Crippen molar-refractivity contribution in [1.82, 2.24) is 10.2 Å². The number of para-hydroxylation sites is 1. The number of thioether (sulfide) groups is 1. The van der Waals surface area contributed by atoms with Crippen molar-refractivity contribution in [2.24, 2.45) is 9.98 Å². The van der Waals surface area contributed by atoms with Crippen LogP contribution in [0.15, 0.2) is 88.8 Å². The Morgan fingerprint density at radius 1 is 1.03 bits per heavy atom. The number of nitro benzene ring substituents is 1. The van der Waals surface area contributed by atoms with Crippen LogP contribution in [0.5, 0.6) is 0 Å². The molecule has 38 heavy (non-hydrogen) atoms. The lowest BCUT2D eigenvalue weighted by atomic mass is 10.1. The number of rotatable bonds is 9. The SMILES string of the molecule is O=C(CCC1N=C2c3ccccc3N=C(SCc3cccc([N+](=O)[O-])c3)N2C1=O)NCCc1ccccc1. The molecule has 2 aliphatic rings. The Bertz CT molecular complexity index is 1440. The first-order chi connectivity index (χ1) is 18.5. The zero-order valence-corrected chi connectivity index (χ0v) is 21.3. The number of hydrogen-bond acceptors (Lipinski definition) is 7. The lowest BCUT2D eigenvalue weighted by molar-refractivity contribution is -0.384. The summed E-state index contributed by atoms with van der Waals surface area (Å²) in [4.78, 5) is 47.5. The van der Waals surface area contributed by atoms with Gasteiger partial charge in [-0.25, -0.2) is 9.89 Å². The van der Waals surface area contributed by atoms with Gasteiger partial charge in [0.05, 0.1) is 10.6 Å². The molecule has 3 aromatic carbocycles. The second kappa shape index (κ2) is 11.4. The second-order valence-corrected chi connectivity index (χ2v) is 9.84. The molecule has 0 saturated heterocycles. The molecule has 0 bridgehead atoms. The van der Waals surface area contributed by atoms with Gasteiger partial charge >= 0.3 is 0 Å². The average molecular weight is 528 g/mol. The summed E-state index contributed by atoms with van der Waals surface area (Å²) < 4.78 is 0. The Kier molecular flexibility index (Phi) is 7.60. The largest absolute Gasteiger partial charge is 0.356 e. The number of fused-ring (bicyclic) bond motifs is 3. The summed E-state index contributed by atoms with van der Waals surface area (Å²) in [7, 11) is 0. The highest BCUT2D eigenvalue weighted by molar-refractivity contribution is 8.13. The molecule has 0 aromatic heterocycles. The van der Waals surface area contributed by atoms with E-state index in [1.807, 2.05) is 54.6 Å². The molecule has 192 valence electrons. The van der Waals surface area contributed by atoms with Gasteiger partial charge in [-0.05, 0) is 36.1 Å². The molecule has 10 heteroatoms. The Labute approximate surface area is 223 Å². The van der Waals surface area contributed by atoms with Crippen molar-refractivity contribution in [3.8, 4) is 0 Å². The van der Waals surface area contributed by atoms with E-state index in [0.29, 0.717) is 35.4 Å². The van der Waals surface area contributed by atoms with E-state index in [1.165, 1.54) is 28.8 Å². The van der Waals surface area contributed by atoms with Crippen LogP contribution in [0.4, 0.5) is 11.4 Å². The molecule has 1 unspecified atom stereocenters. The van der Waals surface area contributed by atoms with E-state index in [4.69, 9.17) is 9.98 Å². The van der Waals surface area contributed by atoms with Crippen LogP contribution in [0.3, 0.4) is 0 Å². The van der Waals surface area contributed by atoms with Crippen molar-refractivity contribution in [3.63, 3.8) is 0 Å². The van der Waals surface area contributed by atoms with Crippen molar-refractivity contribution in [1.29, 1.82) is 0 Å². The molecule has 0 fully saturated rings. The van der Waals surface area contributed by atoms with Crippen LogP contribution in [0.2, 0.25) is 0 Å². The number of hydrogen-bond donors (Lipinski definition) is 1. The first-order valence-corrected chi connectivity index (χ1v) is 13.2. The van der Waals surface area contributed by atoms with E-state index in [0.717, 1.165) is 23.1 Å². The number of amidine groups is 2. The number of carbonyl (C=O) groups excluding carboxylic acids is 2. The predicted molar refractivity (Wildman–Crippen MR) is 147 cm³/mol. The van der Waals surface area contributed by atoms with Gasteiger partial charge in [0.15, 0.2) is 5.17 Å². The summed E-state index contributed by atoms with van der Waals surface area (Å²) in [6.45, 7) is 0.528. The monoisotopic (exact) mass is 527 g/mol. The third-order valence-corrected chi connectivity index (χ3v) is 7.27. The number of amides is 2. The molecule has 1 N–H and O–H groups in total. The fraction of sp³-hybridized carbons (Fsp3) is 0.214. The lowest BCUT2D eigenvalue weighted by Gasteiger charge is -2.25. The van der Waals surface area contributed by atoms with E-state index in [-0.39, 0.29) is 23.9 Å². The molecule has 2 amide bonds. The van der Waals surface area contributed by atoms with Crippen LogP contribution >= 0.6 is 11.8 Å². The van der Waals surface area contributed by atoms with Gasteiger partial charge in [0.25, 0.3) is 11.6 Å². The molecule has 0 aliphatic carbocycles. The van der Waals surface area contributed by atoms with Gasteiger partial charge in [-0.15, -0.1) is 0 Å². The molecule has 0 saturated carbocycles. The molecule has 0 spiro atoms. The fourth-order valence-electron chi connectivity index (χ4n) is 4.34. The molecule has 9 nitrogen and oxygen atoms in total. The zero-order chi connectivity index (χ0) is 26.5. The van der Waals surface area contributed by atoms with Gasteiger partial charge in [0.2, 0.25) is 5.91 Å². The second-order valence-electron chi connectivity index (χ2n) is 8.89. The molecule has 3 aromatic rings. The number of nitrogens with zero attached hydrogens (tertiary/aromatic N) is 4. The van der Waals surface area contributed by atoms with Gasteiger partial charge in [0.1, 0.15) is 11.9 Å². The Morgan fingerprint density at radius 2 is 1.79 bits per heavy atom. The maximum atomic E-state index is 13.4. The fourth-order valence-corrected chi connectivity index (χ4v) is 5.29. The van der Waals surface area contributed by atoms with Crippen molar-refractivity contribution in [2.75, 3.05) is 6.54 Å². The van der Waals surface area contributed by atoms with Crippen LogP contribution in [0, 0.1) is 10.1 Å². The maximum Gasteiger partial charge on any atom is 0.269 e. The minimum absolute atomic E-state index is 0.0145. The van der Waals surface area contributed by atoms with Crippen molar-refractivity contribution in [2.45, 2.75) is 31.1 Å². The van der Waals surface area contributed by atoms with Crippen molar-refractivity contribution >= 4 is 46.0 Å². The standard InChI is InChI=1S/C28H25N5O4S/c34-25(29-16-15-19-7-2-1-3-8-19)14-13-24-27(35)32-26(30-24)22-11-4-5-12-23(22)31-28(32)38-18-20-9-6-10-21(17-20)33(36)37/h1-12,17,24H,13-16,18H2,(H,29,34). The normalized spacial score (nSPS) is 15.8. The zero-order valence-electron chi connectivity index (χ0n) is 20.4. The summed E-state index contributed by atoms with van der Waals surface area (Å²) in [5.74, 6) is 0.579. The molecule has 2 heterocycles. The molecule has 1 atom stereocenters. The number of benzene rings is 3. The Morgan fingerprint density at radius 3 is 2.61 bits per heavy atom. The Balaban J connectivity index is 1.25. The molecule has 2 aliphatic heterocycles. The first-order valence-electron chi connectivity index (χ1n) is 12.3. The van der Waals surface area contributed by atoms with Gasteiger partial charge in [0, 0.05) is 36.4 Å². The molecule has 0 radical (unpaired) electrons. The molecular formula is C28H25N5O4S. The average Bonchev–Trinajstić information content (AvgIpc) is 3.28. The van der Waals surface area contributed by atoms with Crippen LogP contribution < -0.4 is 5.32 Å². The van der Waals surface area contributed by atoms with Gasteiger partial charge in [-0.1, -0.05) is 66.4 Å². The Hall–Kier alpha value is -4.31. The highest BCUT2D eigenvalue weighted by Crippen LogP contribution is 2.35. The van der Waals surface area contributed by atoms with Crippen LogP contribution in [0.25, 0.3) is 0 Å². The number of nitrogens with one attached hydrogen (secondary N) is 1. The van der Waals surface area contributed by atoms with Gasteiger partial charge < -0.3 is 5.32 Å². The smallest absolute Gasteiger partial charge is 0.269 e. The lowest BCUT2D eigenvalue weighted by Crippen LogP contribution is -2.41. The predicted octanol–water partition coefficient (Wildman–Crippen LogP) is 4.63. The van der Waals surface area contributed by atoms with E-state index in [1.54, 1.807) is 12.1 Å². The summed E-state index contributed by atoms with van der Waals surface area (Å²) in [6, 6.07) is 23.1. The minimum Gasteiger partial charge on any atom is -0.356 e. The first kappa shape index (κ1) is 25.3. The van der Waals surface area contributed by atoms with Crippen LogP contribution in [0.1, 0.15) is 29.5 Å². The minimum atomic E-state index is -0.681. The van der Waals surface area contributed by atoms with Gasteiger partial charge in [-0.3, -0.25) is 24.7 Å². The van der Waals surface area contributed by atoms with Crippen molar-refractivity contribution < 1.29 is 14.5 Å². The third kappa shape index (κ3) is 5.65. The number of non-ortho nitro benzene ring substituents is 1. The molecule has 5 rings (SSSR count). The van der Waals surface area contributed by atoms with Crippen molar-refractivity contribution in [3.05, 3.63) is 106 Å². The van der Waals surface area contributed by atoms with E-state index >= 15 is 0 Å². The highest BCUT2D eigenvalue weighted by atomic mass is 32.2. The number of carbonyl (C=O) groups is 2. The summed E-state index contributed by atoms with van der Waals surface area (Å²) in [5.41, 5.74) is 3.38. The number of aliphatic imine (C=N–C) groups is 2. The van der Waals surface area contributed by atoms with Crippen LogP contribution in [-0.2, 0) is 21.8 Å². The third-order valence-electron chi connectivity index (χ3n) is 6.26. The summed E-state index contributed by atoms with van der Waals surface area (Å²) in [6.07, 6.45) is 1.22. The highest BCUT2D eigenvalue weighted by Gasteiger charge is 2.41. The summed E-state index contributed by atoms with van der Waals surface area (Å²) in [5, 5.41) is 14.5. The van der Waals surface area contributed by atoms with Crippen LogP contribution in [-0.4, -0.2) is 45.2 Å². The van der Waals surface area contributed by atoms with E-state index in [2.05, 4.69) is 5.32 Å². The quantitative estimate of drug-likeness (QED) is 0.322. The van der Waals surface area contributed by atoms with E-state index in [9.17, 15) is 19.7 Å². The van der Waals surface area contributed by atoms with Gasteiger partial charge in [-0.2, -0.15) is 0 Å². The molecular weight excluding hydrogens is 502 g/mol. The summed E-state index contributed by atoms with van der Waals surface area (Å²) >= 11 is 1.32. The van der Waals surface area contributed by atoms with E-state index < -0.39 is 11.0 Å².